The lowest BCUT2D eigenvalue weighted by atomic mass is 10.1. The second-order valence-corrected chi connectivity index (χ2v) is 3.82. The third-order valence-corrected chi connectivity index (χ3v) is 1.19. The zero-order chi connectivity index (χ0) is 8.91. The maximum absolute atomic E-state index is 9.94. The van der Waals surface area contributed by atoms with Crippen molar-refractivity contribution in [1.82, 2.24) is 10.6 Å². The van der Waals surface area contributed by atoms with E-state index in [9.17, 15) is 4.79 Å². The number of carbonyl (C=O) groups excluding carboxylic acids is 1. The first-order chi connectivity index (χ1) is 4.95. The maximum Gasteiger partial charge on any atom is 0.207 e. The molecule has 0 radical (unpaired) electrons. The van der Waals surface area contributed by atoms with E-state index in [1.54, 1.807) is 0 Å². The third-order valence-electron chi connectivity index (χ3n) is 1.19. The van der Waals surface area contributed by atoms with E-state index in [4.69, 9.17) is 0 Å². The summed E-state index contributed by atoms with van der Waals surface area (Å²) in [6.45, 7) is 9.03. The van der Waals surface area contributed by atoms with Crippen molar-refractivity contribution in [3.63, 3.8) is 0 Å². The van der Waals surface area contributed by atoms with Gasteiger partial charge in [0.25, 0.3) is 0 Å². The van der Waals surface area contributed by atoms with Crippen molar-refractivity contribution in [1.29, 1.82) is 0 Å². The molecule has 0 heterocycles. The first kappa shape index (κ1) is 10.4. The van der Waals surface area contributed by atoms with Gasteiger partial charge >= 0.3 is 0 Å². The van der Waals surface area contributed by atoms with Crippen LogP contribution in [0.1, 0.15) is 27.7 Å². The Bertz CT molecular complexity index is 118. The van der Waals surface area contributed by atoms with Gasteiger partial charge in [-0.1, -0.05) is 0 Å². The smallest absolute Gasteiger partial charge is 0.207 e. The van der Waals surface area contributed by atoms with E-state index in [1.807, 2.05) is 6.92 Å². The number of hydrogen-bond donors (Lipinski definition) is 2. The highest BCUT2D eigenvalue weighted by Crippen LogP contribution is 1.99. The minimum atomic E-state index is 0.115. The van der Waals surface area contributed by atoms with Crippen LogP contribution in [0.25, 0.3) is 0 Å². The van der Waals surface area contributed by atoms with Crippen molar-refractivity contribution in [2.75, 3.05) is 6.54 Å². The van der Waals surface area contributed by atoms with Crippen LogP contribution in [0.3, 0.4) is 0 Å². The lowest BCUT2D eigenvalue weighted by molar-refractivity contribution is -0.109. The topological polar surface area (TPSA) is 41.1 Å². The first-order valence-electron chi connectivity index (χ1n) is 3.90. The Balaban J connectivity index is 3.51. The van der Waals surface area contributed by atoms with Crippen molar-refractivity contribution in [2.24, 2.45) is 0 Å². The molecule has 1 unspecified atom stereocenters. The Labute approximate surface area is 68.6 Å². The second-order valence-electron chi connectivity index (χ2n) is 3.82. The summed E-state index contributed by atoms with van der Waals surface area (Å²) in [6, 6.07) is 0.320. The van der Waals surface area contributed by atoms with Crippen molar-refractivity contribution < 1.29 is 4.79 Å². The van der Waals surface area contributed by atoms with E-state index in [-0.39, 0.29) is 5.54 Å². The molecule has 3 heteroatoms. The molecule has 0 aromatic carbocycles. The first-order valence-corrected chi connectivity index (χ1v) is 3.90. The van der Waals surface area contributed by atoms with Gasteiger partial charge in [0.1, 0.15) is 0 Å². The number of amides is 1. The van der Waals surface area contributed by atoms with Crippen LogP contribution < -0.4 is 10.6 Å². The normalized spacial score (nSPS) is 14.2. The molecular weight excluding hydrogens is 140 g/mol. The number of hydrogen-bond acceptors (Lipinski definition) is 2. The summed E-state index contributed by atoms with van der Waals surface area (Å²) < 4.78 is 0. The van der Waals surface area contributed by atoms with Gasteiger partial charge in [0, 0.05) is 18.1 Å². The van der Waals surface area contributed by atoms with Gasteiger partial charge < -0.3 is 10.6 Å². The fourth-order valence-electron chi connectivity index (χ4n) is 1.02. The number of rotatable bonds is 4. The zero-order valence-electron chi connectivity index (χ0n) is 7.77. The molecule has 0 spiro atoms. The quantitative estimate of drug-likeness (QED) is 0.585. The largest absolute Gasteiger partial charge is 0.357 e. The summed E-state index contributed by atoms with van der Waals surface area (Å²) in [6.07, 6.45) is 0.723. The maximum atomic E-state index is 9.94. The van der Waals surface area contributed by atoms with Crippen LogP contribution in [0.4, 0.5) is 0 Å². The summed E-state index contributed by atoms with van der Waals surface area (Å²) >= 11 is 0. The molecule has 0 rings (SSSR count). The van der Waals surface area contributed by atoms with E-state index >= 15 is 0 Å². The van der Waals surface area contributed by atoms with Gasteiger partial charge in [-0.2, -0.15) is 0 Å². The van der Waals surface area contributed by atoms with Crippen molar-refractivity contribution in [3.05, 3.63) is 0 Å². The van der Waals surface area contributed by atoms with Gasteiger partial charge in [-0.25, -0.2) is 0 Å². The monoisotopic (exact) mass is 158 g/mol. The Morgan fingerprint density at radius 2 is 2.00 bits per heavy atom. The molecule has 2 N–H and O–H groups in total. The summed E-state index contributed by atoms with van der Waals surface area (Å²) in [5.41, 5.74) is 0.115. The van der Waals surface area contributed by atoms with Crippen molar-refractivity contribution >= 4 is 6.41 Å². The standard InChI is InChI=1S/C8H18N2O/c1-7(5-9-6-11)10-8(2,3)4/h6-7,10H,5H2,1-4H3,(H,9,11). The Kier molecular flexibility index (Phi) is 4.11. The van der Waals surface area contributed by atoms with Crippen LogP contribution in [0.5, 0.6) is 0 Å². The minimum Gasteiger partial charge on any atom is -0.357 e. The molecule has 66 valence electrons. The fourth-order valence-corrected chi connectivity index (χ4v) is 1.02. The van der Waals surface area contributed by atoms with Gasteiger partial charge in [0.2, 0.25) is 6.41 Å². The van der Waals surface area contributed by atoms with E-state index in [0.717, 1.165) is 6.41 Å². The second kappa shape index (κ2) is 4.34. The summed E-state index contributed by atoms with van der Waals surface area (Å²) in [5, 5.41) is 5.96. The molecule has 0 bridgehead atoms. The molecule has 0 fully saturated rings. The molecular formula is C8H18N2O. The molecule has 0 saturated heterocycles. The van der Waals surface area contributed by atoms with Crippen LogP contribution in [-0.2, 0) is 4.79 Å². The molecule has 0 aromatic heterocycles. The zero-order valence-corrected chi connectivity index (χ0v) is 7.77. The predicted molar refractivity (Wildman–Crippen MR) is 46.4 cm³/mol. The highest BCUT2D eigenvalue weighted by Gasteiger charge is 2.12. The molecule has 0 aliphatic heterocycles. The van der Waals surface area contributed by atoms with Crippen molar-refractivity contribution in [3.8, 4) is 0 Å². The van der Waals surface area contributed by atoms with Gasteiger partial charge in [-0.05, 0) is 27.7 Å². The molecule has 0 aromatic rings. The lowest BCUT2D eigenvalue weighted by Crippen LogP contribution is -2.46. The van der Waals surface area contributed by atoms with Crippen LogP contribution in [0.2, 0.25) is 0 Å². The van der Waals surface area contributed by atoms with Gasteiger partial charge in [0.05, 0.1) is 0 Å². The van der Waals surface area contributed by atoms with E-state index in [0.29, 0.717) is 12.6 Å². The van der Waals surface area contributed by atoms with E-state index in [2.05, 4.69) is 31.4 Å². The third kappa shape index (κ3) is 7.33. The molecule has 1 amide bonds. The molecule has 11 heavy (non-hydrogen) atoms. The minimum absolute atomic E-state index is 0.115. The number of carbonyl (C=O) groups is 1. The Morgan fingerprint density at radius 1 is 1.45 bits per heavy atom. The summed E-state index contributed by atoms with van der Waals surface area (Å²) in [7, 11) is 0. The van der Waals surface area contributed by atoms with Crippen LogP contribution in [-0.4, -0.2) is 24.5 Å². The Morgan fingerprint density at radius 3 is 2.36 bits per heavy atom. The Hall–Kier alpha value is -0.570. The highest BCUT2D eigenvalue weighted by atomic mass is 16.1. The summed E-state index contributed by atoms with van der Waals surface area (Å²) in [4.78, 5) is 9.94. The molecule has 0 saturated carbocycles. The van der Waals surface area contributed by atoms with Crippen molar-refractivity contribution in [2.45, 2.75) is 39.3 Å². The molecule has 0 aliphatic carbocycles. The number of nitrogens with one attached hydrogen (secondary N) is 2. The van der Waals surface area contributed by atoms with Gasteiger partial charge in [-0.15, -0.1) is 0 Å². The van der Waals surface area contributed by atoms with E-state index < -0.39 is 0 Å². The lowest BCUT2D eigenvalue weighted by Gasteiger charge is -2.25. The van der Waals surface area contributed by atoms with Gasteiger partial charge in [-0.3, -0.25) is 4.79 Å². The summed E-state index contributed by atoms with van der Waals surface area (Å²) in [5.74, 6) is 0. The predicted octanol–water partition coefficient (Wildman–Crippen LogP) is 0.509. The van der Waals surface area contributed by atoms with E-state index in [1.165, 1.54) is 0 Å². The molecule has 1 atom stereocenters. The SMILES string of the molecule is CC(CNC=O)NC(C)(C)C. The highest BCUT2D eigenvalue weighted by molar-refractivity contribution is 5.45. The van der Waals surface area contributed by atoms with Crippen LogP contribution in [0.15, 0.2) is 0 Å². The fraction of sp³-hybridized carbons (Fsp3) is 0.875. The van der Waals surface area contributed by atoms with Gasteiger partial charge in [0.15, 0.2) is 0 Å². The van der Waals surface area contributed by atoms with Crippen LogP contribution in [0, 0.1) is 0 Å². The van der Waals surface area contributed by atoms with Crippen LogP contribution >= 0.6 is 0 Å². The molecule has 3 nitrogen and oxygen atoms in total. The average molecular weight is 158 g/mol. The average Bonchev–Trinajstić information content (AvgIpc) is 1.79. The molecule has 0 aliphatic rings.